The lowest BCUT2D eigenvalue weighted by Gasteiger charge is -2.11. The van der Waals surface area contributed by atoms with Crippen LogP contribution in [0.2, 0.25) is 0 Å². The van der Waals surface area contributed by atoms with Crippen LogP contribution in [0.5, 0.6) is 11.5 Å². The molecule has 2 aromatic rings. The molecule has 8 heteroatoms. The van der Waals surface area contributed by atoms with Gasteiger partial charge in [-0.1, -0.05) is 6.07 Å². The minimum Gasteiger partial charge on any atom is -0.493 e. The molecule has 0 bridgehead atoms. The highest BCUT2D eigenvalue weighted by Gasteiger charge is 2.10. The Hall–Kier alpha value is -2.74. The van der Waals surface area contributed by atoms with Crippen molar-refractivity contribution in [3.8, 4) is 11.5 Å². The number of amides is 1. The molecule has 0 aliphatic carbocycles. The first-order valence-electron chi connectivity index (χ1n) is 7.98. The monoisotopic (exact) mass is 378 g/mol. The average Bonchev–Trinajstić information content (AvgIpc) is 2.66. The molecular weight excluding hydrogens is 356 g/mol. The molecule has 0 unspecified atom stereocenters. The second-order valence-electron chi connectivity index (χ2n) is 5.45. The van der Waals surface area contributed by atoms with Crippen molar-refractivity contribution in [1.29, 1.82) is 0 Å². The summed E-state index contributed by atoms with van der Waals surface area (Å²) >= 11 is 0. The molecule has 0 radical (unpaired) electrons. The van der Waals surface area contributed by atoms with Crippen LogP contribution in [-0.4, -0.2) is 34.3 Å². The predicted molar refractivity (Wildman–Crippen MR) is 100 cm³/mol. The highest BCUT2D eigenvalue weighted by atomic mass is 32.2. The van der Waals surface area contributed by atoms with Crippen LogP contribution in [0.3, 0.4) is 0 Å². The molecule has 0 heterocycles. The van der Waals surface area contributed by atoms with Crippen molar-refractivity contribution in [1.82, 2.24) is 5.32 Å². The number of carbonyl (C=O) groups is 1. The summed E-state index contributed by atoms with van der Waals surface area (Å²) in [6.45, 7) is 1.88. The number of rotatable bonds is 8. The van der Waals surface area contributed by atoms with E-state index in [0.717, 1.165) is 5.56 Å². The summed E-state index contributed by atoms with van der Waals surface area (Å²) in [5.74, 6) is 0.935. The van der Waals surface area contributed by atoms with Gasteiger partial charge < -0.3 is 14.8 Å². The van der Waals surface area contributed by atoms with Crippen LogP contribution in [0.4, 0.5) is 5.69 Å². The number of ether oxygens (including phenoxy) is 2. The molecule has 0 spiro atoms. The van der Waals surface area contributed by atoms with E-state index in [1.807, 2.05) is 6.07 Å². The summed E-state index contributed by atoms with van der Waals surface area (Å²) in [5.41, 5.74) is 1.72. The Balaban J connectivity index is 2.00. The summed E-state index contributed by atoms with van der Waals surface area (Å²) in [7, 11) is -0.228. The van der Waals surface area contributed by atoms with E-state index in [2.05, 4.69) is 10.0 Å². The Labute approximate surface area is 153 Å². The number of benzene rings is 2. The van der Waals surface area contributed by atoms with E-state index in [9.17, 15) is 13.2 Å². The smallest absolute Gasteiger partial charge is 0.251 e. The van der Waals surface area contributed by atoms with Crippen LogP contribution in [0.1, 0.15) is 22.8 Å². The third-order valence-corrected chi connectivity index (χ3v) is 5.01. The molecule has 0 saturated heterocycles. The molecule has 0 aromatic heterocycles. The van der Waals surface area contributed by atoms with Crippen molar-refractivity contribution >= 4 is 21.6 Å². The highest BCUT2D eigenvalue weighted by Crippen LogP contribution is 2.27. The molecule has 0 atom stereocenters. The molecule has 7 nitrogen and oxygen atoms in total. The minimum atomic E-state index is -3.34. The van der Waals surface area contributed by atoms with E-state index in [4.69, 9.17) is 9.47 Å². The molecular formula is C18H22N2O5S. The lowest BCUT2D eigenvalue weighted by atomic mass is 10.1. The first-order valence-corrected chi connectivity index (χ1v) is 9.63. The van der Waals surface area contributed by atoms with Crippen molar-refractivity contribution in [2.24, 2.45) is 0 Å². The van der Waals surface area contributed by atoms with E-state index in [0.29, 0.717) is 29.3 Å². The maximum absolute atomic E-state index is 12.2. The van der Waals surface area contributed by atoms with Crippen LogP contribution >= 0.6 is 0 Å². The molecule has 26 heavy (non-hydrogen) atoms. The van der Waals surface area contributed by atoms with Crippen molar-refractivity contribution < 1.29 is 22.7 Å². The minimum absolute atomic E-state index is 0.0133. The van der Waals surface area contributed by atoms with Crippen molar-refractivity contribution in [3.05, 3.63) is 53.6 Å². The summed E-state index contributed by atoms with van der Waals surface area (Å²) in [6.07, 6.45) is 0. The quantitative estimate of drug-likeness (QED) is 0.736. The van der Waals surface area contributed by atoms with Crippen LogP contribution in [0.25, 0.3) is 0 Å². The standard InChI is InChI=1S/C18H22N2O5S/c1-4-26(22,23)20-15-8-6-14(7-9-15)18(21)19-12-13-5-10-16(24-2)17(11-13)25-3/h5-11,20H,4,12H2,1-3H3,(H,19,21). The van der Waals surface area contributed by atoms with Gasteiger partial charge in [0.05, 0.1) is 20.0 Å². The van der Waals surface area contributed by atoms with Crippen LogP contribution in [-0.2, 0) is 16.6 Å². The second-order valence-corrected chi connectivity index (χ2v) is 7.47. The summed E-state index contributed by atoms with van der Waals surface area (Å²) < 4.78 is 35.9. The lowest BCUT2D eigenvalue weighted by molar-refractivity contribution is 0.0951. The number of carbonyl (C=O) groups excluding carboxylic acids is 1. The molecule has 2 N–H and O–H groups in total. The van der Waals surface area contributed by atoms with Crippen molar-refractivity contribution in [3.63, 3.8) is 0 Å². The van der Waals surface area contributed by atoms with E-state index >= 15 is 0 Å². The zero-order chi connectivity index (χ0) is 19.2. The van der Waals surface area contributed by atoms with Gasteiger partial charge in [0, 0.05) is 17.8 Å². The third kappa shape index (κ3) is 5.13. The molecule has 1 amide bonds. The van der Waals surface area contributed by atoms with Gasteiger partial charge in [0.2, 0.25) is 10.0 Å². The van der Waals surface area contributed by atoms with Gasteiger partial charge in [0.15, 0.2) is 11.5 Å². The lowest BCUT2D eigenvalue weighted by Crippen LogP contribution is -2.22. The number of hydrogen-bond donors (Lipinski definition) is 2. The highest BCUT2D eigenvalue weighted by molar-refractivity contribution is 7.92. The molecule has 2 rings (SSSR count). The number of anilines is 1. The van der Waals surface area contributed by atoms with Crippen LogP contribution in [0, 0.1) is 0 Å². The summed E-state index contributed by atoms with van der Waals surface area (Å²) in [4.78, 5) is 12.2. The Bertz CT molecular complexity index is 864. The Kier molecular flexibility index (Phi) is 6.46. The molecule has 0 aliphatic heterocycles. The topological polar surface area (TPSA) is 93.7 Å². The summed E-state index contributed by atoms with van der Waals surface area (Å²) in [6, 6.07) is 11.6. The van der Waals surface area contributed by atoms with Gasteiger partial charge in [0.1, 0.15) is 0 Å². The zero-order valence-corrected chi connectivity index (χ0v) is 15.7. The number of hydrogen-bond acceptors (Lipinski definition) is 5. The van der Waals surface area contributed by atoms with Gasteiger partial charge in [0.25, 0.3) is 5.91 Å². The van der Waals surface area contributed by atoms with Gasteiger partial charge in [-0.05, 0) is 48.9 Å². The Morgan fingerprint density at radius 2 is 1.65 bits per heavy atom. The number of nitrogens with one attached hydrogen (secondary N) is 2. The molecule has 0 aliphatic rings. The maximum atomic E-state index is 12.2. The first kappa shape index (κ1) is 19.6. The van der Waals surface area contributed by atoms with E-state index in [-0.39, 0.29) is 11.7 Å². The fourth-order valence-corrected chi connectivity index (χ4v) is 2.86. The Morgan fingerprint density at radius 1 is 1.00 bits per heavy atom. The third-order valence-electron chi connectivity index (χ3n) is 3.70. The average molecular weight is 378 g/mol. The van der Waals surface area contributed by atoms with E-state index in [1.165, 1.54) is 0 Å². The maximum Gasteiger partial charge on any atom is 0.251 e. The molecule has 0 saturated carbocycles. The fourth-order valence-electron chi connectivity index (χ4n) is 2.22. The second kappa shape index (κ2) is 8.57. The zero-order valence-electron chi connectivity index (χ0n) is 14.9. The van der Waals surface area contributed by atoms with Crippen LogP contribution < -0.4 is 19.5 Å². The van der Waals surface area contributed by atoms with E-state index in [1.54, 1.807) is 57.5 Å². The summed E-state index contributed by atoms with van der Waals surface area (Å²) in [5, 5.41) is 2.81. The van der Waals surface area contributed by atoms with Gasteiger partial charge >= 0.3 is 0 Å². The molecule has 0 fully saturated rings. The molecule has 2 aromatic carbocycles. The number of sulfonamides is 1. The van der Waals surface area contributed by atoms with Crippen molar-refractivity contribution in [2.45, 2.75) is 13.5 Å². The fraction of sp³-hybridized carbons (Fsp3) is 0.278. The normalized spacial score (nSPS) is 10.9. The van der Waals surface area contributed by atoms with Crippen molar-refractivity contribution in [2.75, 3.05) is 24.7 Å². The first-order chi connectivity index (χ1) is 12.4. The van der Waals surface area contributed by atoms with Gasteiger partial charge in [-0.3, -0.25) is 9.52 Å². The van der Waals surface area contributed by atoms with Crippen LogP contribution in [0.15, 0.2) is 42.5 Å². The predicted octanol–water partition coefficient (Wildman–Crippen LogP) is 2.40. The van der Waals surface area contributed by atoms with Gasteiger partial charge in [-0.25, -0.2) is 8.42 Å². The van der Waals surface area contributed by atoms with Gasteiger partial charge in [-0.15, -0.1) is 0 Å². The SMILES string of the molecule is CCS(=O)(=O)Nc1ccc(C(=O)NCc2ccc(OC)c(OC)c2)cc1. The Morgan fingerprint density at radius 3 is 2.23 bits per heavy atom. The van der Waals surface area contributed by atoms with Gasteiger partial charge in [-0.2, -0.15) is 0 Å². The van der Waals surface area contributed by atoms with E-state index < -0.39 is 10.0 Å². The largest absolute Gasteiger partial charge is 0.493 e. The number of methoxy groups -OCH3 is 2. The molecule has 140 valence electrons.